The van der Waals surface area contributed by atoms with Crippen LogP contribution >= 0.6 is 11.3 Å². The predicted octanol–water partition coefficient (Wildman–Crippen LogP) is 2.42. The summed E-state index contributed by atoms with van der Waals surface area (Å²) in [4.78, 5) is 12.0. The van der Waals surface area contributed by atoms with Crippen LogP contribution in [0.5, 0.6) is 5.75 Å². The number of terminal acetylenes is 1. The van der Waals surface area contributed by atoms with Crippen LogP contribution in [-0.2, 0) is 21.3 Å². The first-order valence-electron chi connectivity index (χ1n) is 8.00. The highest BCUT2D eigenvalue weighted by Crippen LogP contribution is 2.21. The van der Waals surface area contributed by atoms with Gasteiger partial charge in [-0.1, -0.05) is 17.3 Å². The van der Waals surface area contributed by atoms with Crippen molar-refractivity contribution in [1.82, 2.24) is 4.57 Å². The molecule has 28 heavy (non-hydrogen) atoms. The number of sulfonamides is 1. The van der Waals surface area contributed by atoms with Crippen molar-refractivity contribution >= 4 is 37.5 Å². The lowest BCUT2D eigenvalue weighted by molar-refractivity contribution is 0.0601. The average molecular weight is 416 g/mol. The Bertz CT molecular complexity index is 1250. The van der Waals surface area contributed by atoms with Gasteiger partial charge in [0.1, 0.15) is 5.75 Å². The highest BCUT2D eigenvalue weighted by atomic mass is 32.2. The van der Waals surface area contributed by atoms with E-state index in [1.165, 1.54) is 26.4 Å². The molecule has 0 amide bonds. The summed E-state index contributed by atoms with van der Waals surface area (Å²) >= 11 is 1.12. The fourth-order valence-electron chi connectivity index (χ4n) is 2.54. The first kappa shape index (κ1) is 19.7. The minimum absolute atomic E-state index is 0.0354. The number of nitrogens with zero attached hydrogens (tertiary/aromatic N) is 2. The molecule has 1 heterocycles. The van der Waals surface area contributed by atoms with Gasteiger partial charge < -0.3 is 14.0 Å². The number of esters is 1. The quantitative estimate of drug-likeness (QED) is 0.471. The molecule has 0 fully saturated rings. The molecule has 0 aliphatic heterocycles. The van der Waals surface area contributed by atoms with Crippen LogP contribution in [0.15, 0.2) is 51.8 Å². The molecule has 0 spiro atoms. The topological polar surface area (TPSA) is 87.0 Å². The zero-order valence-electron chi connectivity index (χ0n) is 15.1. The zero-order chi connectivity index (χ0) is 20.3. The Labute approximate surface area is 165 Å². The van der Waals surface area contributed by atoms with Gasteiger partial charge in [-0.3, -0.25) is 0 Å². The van der Waals surface area contributed by atoms with Crippen LogP contribution in [0.1, 0.15) is 10.4 Å². The van der Waals surface area contributed by atoms with Crippen LogP contribution < -0.4 is 9.54 Å². The highest BCUT2D eigenvalue weighted by Gasteiger charge is 2.16. The van der Waals surface area contributed by atoms with E-state index in [-0.39, 0.29) is 16.2 Å². The third-order valence-corrected chi connectivity index (χ3v) is 6.35. The van der Waals surface area contributed by atoms with Crippen molar-refractivity contribution in [3.63, 3.8) is 0 Å². The Morgan fingerprint density at radius 3 is 2.54 bits per heavy atom. The first-order valence-corrected chi connectivity index (χ1v) is 10.3. The summed E-state index contributed by atoms with van der Waals surface area (Å²) in [6.45, 7) is 0.133. The average Bonchev–Trinajstić information content (AvgIpc) is 3.03. The molecule has 0 aliphatic carbocycles. The second-order valence-electron chi connectivity index (χ2n) is 5.59. The lowest BCUT2D eigenvalue weighted by Gasteiger charge is -2.03. The molecular weight excluding hydrogens is 400 g/mol. The summed E-state index contributed by atoms with van der Waals surface area (Å²) in [7, 11) is -1.17. The normalized spacial score (nSPS) is 12.0. The summed E-state index contributed by atoms with van der Waals surface area (Å²) in [5.74, 6) is 2.56. The Morgan fingerprint density at radius 1 is 1.21 bits per heavy atom. The molecule has 0 saturated carbocycles. The summed E-state index contributed by atoms with van der Waals surface area (Å²) in [5.41, 5.74) is 1.04. The molecule has 3 rings (SSSR count). The Hall–Kier alpha value is -3.09. The maximum atomic E-state index is 12.7. The van der Waals surface area contributed by atoms with E-state index >= 15 is 0 Å². The molecule has 0 radical (unpaired) electrons. The van der Waals surface area contributed by atoms with E-state index in [4.69, 9.17) is 15.9 Å². The second-order valence-corrected chi connectivity index (χ2v) is 8.20. The number of thiazole rings is 1. The molecule has 9 heteroatoms. The molecule has 0 aliphatic rings. The lowest BCUT2D eigenvalue weighted by Crippen LogP contribution is -2.16. The number of hydrogen-bond donors (Lipinski definition) is 0. The van der Waals surface area contributed by atoms with Crippen molar-refractivity contribution in [2.75, 3.05) is 14.2 Å². The number of methoxy groups -OCH3 is 2. The third-order valence-electron chi connectivity index (χ3n) is 3.91. The van der Waals surface area contributed by atoms with Gasteiger partial charge in [0, 0.05) is 0 Å². The standard InChI is InChI=1S/C19H16N2O5S2/c1-4-11-21-16-10-5-13(18(22)26-3)12-17(16)27-19(21)20-28(23,24)15-8-6-14(25-2)7-9-15/h1,5-10,12H,11H2,2-3H3. The Balaban J connectivity index is 2.18. The fourth-order valence-corrected chi connectivity index (χ4v) is 4.81. The van der Waals surface area contributed by atoms with Crippen molar-refractivity contribution < 1.29 is 22.7 Å². The van der Waals surface area contributed by atoms with E-state index in [1.54, 1.807) is 34.9 Å². The molecular formula is C19H16N2O5S2. The number of carbonyl (C=O) groups excluding carboxylic acids is 1. The highest BCUT2D eigenvalue weighted by molar-refractivity contribution is 7.90. The van der Waals surface area contributed by atoms with Gasteiger partial charge in [-0.15, -0.1) is 10.8 Å². The number of ether oxygens (including phenoxy) is 2. The summed E-state index contributed by atoms with van der Waals surface area (Å²) in [6.07, 6.45) is 5.44. The molecule has 2 aromatic carbocycles. The minimum Gasteiger partial charge on any atom is -0.497 e. The number of aromatic nitrogens is 1. The van der Waals surface area contributed by atoms with Crippen LogP contribution in [0, 0.1) is 12.3 Å². The van der Waals surface area contributed by atoms with E-state index in [0.717, 1.165) is 11.3 Å². The summed E-state index contributed by atoms with van der Waals surface area (Å²) in [6, 6.07) is 10.8. The minimum atomic E-state index is -3.96. The number of benzene rings is 2. The van der Waals surface area contributed by atoms with Crippen molar-refractivity contribution in [3.05, 3.63) is 52.8 Å². The fraction of sp³-hybridized carbons (Fsp3) is 0.158. The maximum absolute atomic E-state index is 12.7. The molecule has 0 saturated heterocycles. The molecule has 1 aromatic heterocycles. The van der Waals surface area contributed by atoms with Crippen LogP contribution in [0.2, 0.25) is 0 Å². The van der Waals surface area contributed by atoms with Crippen molar-refractivity contribution in [3.8, 4) is 18.1 Å². The van der Waals surface area contributed by atoms with Gasteiger partial charge in [0.2, 0.25) is 4.80 Å². The van der Waals surface area contributed by atoms with Gasteiger partial charge in [0.25, 0.3) is 10.0 Å². The zero-order valence-corrected chi connectivity index (χ0v) is 16.7. The predicted molar refractivity (Wildman–Crippen MR) is 106 cm³/mol. The first-order chi connectivity index (χ1) is 13.4. The largest absolute Gasteiger partial charge is 0.497 e. The smallest absolute Gasteiger partial charge is 0.337 e. The molecule has 0 atom stereocenters. The third kappa shape index (κ3) is 3.78. The van der Waals surface area contributed by atoms with Crippen LogP contribution in [0.25, 0.3) is 10.2 Å². The van der Waals surface area contributed by atoms with Gasteiger partial charge in [-0.2, -0.15) is 8.42 Å². The molecule has 7 nitrogen and oxygen atoms in total. The monoisotopic (exact) mass is 416 g/mol. The van der Waals surface area contributed by atoms with Crippen LogP contribution in [0.3, 0.4) is 0 Å². The molecule has 144 valence electrons. The molecule has 3 aromatic rings. The van der Waals surface area contributed by atoms with Crippen molar-refractivity contribution in [2.45, 2.75) is 11.4 Å². The molecule has 0 N–H and O–H groups in total. The number of carbonyl (C=O) groups is 1. The lowest BCUT2D eigenvalue weighted by atomic mass is 10.2. The van der Waals surface area contributed by atoms with E-state index < -0.39 is 16.0 Å². The van der Waals surface area contributed by atoms with Gasteiger partial charge in [-0.05, 0) is 42.5 Å². The van der Waals surface area contributed by atoms with Crippen LogP contribution in [-0.4, -0.2) is 33.2 Å². The maximum Gasteiger partial charge on any atom is 0.337 e. The number of hydrogen-bond acceptors (Lipinski definition) is 6. The Kier molecular flexibility index (Phi) is 5.53. The summed E-state index contributed by atoms with van der Waals surface area (Å²) < 4.78 is 41.4. The van der Waals surface area contributed by atoms with E-state index in [2.05, 4.69) is 10.3 Å². The molecule has 0 unspecified atom stereocenters. The Morgan fingerprint density at radius 2 is 1.93 bits per heavy atom. The van der Waals surface area contributed by atoms with E-state index in [1.807, 2.05) is 0 Å². The van der Waals surface area contributed by atoms with Gasteiger partial charge in [-0.25, -0.2) is 4.79 Å². The van der Waals surface area contributed by atoms with Gasteiger partial charge in [0.05, 0.1) is 41.4 Å². The second kappa shape index (κ2) is 7.88. The SMILES string of the molecule is C#CCn1c(=NS(=O)(=O)c2ccc(OC)cc2)sc2cc(C(=O)OC)ccc21. The van der Waals surface area contributed by atoms with Gasteiger partial charge >= 0.3 is 5.97 Å². The van der Waals surface area contributed by atoms with E-state index in [0.29, 0.717) is 21.5 Å². The van der Waals surface area contributed by atoms with Crippen molar-refractivity contribution in [2.24, 2.45) is 4.40 Å². The van der Waals surface area contributed by atoms with E-state index in [9.17, 15) is 13.2 Å². The van der Waals surface area contributed by atoms with Crippen LogP contribution in [0.4, 0.5) is 0 Å². The summed E-state index contributed by atoms with van der Waals surface area (Å²) in [5, 5.41) is 0. The number of rotatable bonds is 5. The number of fused-ring (bicyclic) bond motifs is 1. The molecule has 0 bridgehead atoms. The van der Waals surface area contributed by atoms with Gasteiger partial charge in [0.15, 0.2) is 0 Å². The van der Waals surface area contributed by atoms with Crippen molar-refractivity contribution in [1.29, 1.82) is 0 Å².